The van der Waals surface area contributed by atoms with Crippen LogP contribution in [0.1, 0.15) is 21.5 Å². The normalized spacial score (nSPS) is 10.3. The lowest BCUT2D eigenvalue weighted by atomic mass is 10.1. The van der Waals surface area contributed by atoms with Gasteiger partial charge in [-0.2, -0.15) is 0 Å². The Morgan fingerprint density at radius 1 is 1.05 bits per heavy atom. The molecule has 2 aromatic rings. The van der Waals surface area contributed by atoms with Crippen LogP contribution >= 0.6 is 0 Å². The van der Waals surface area contributed by atoms with Crippen molar-refractivity contribution in [3.8, 4) is 5.75 Å². The zero-order valence-corrected chi connectivity index (χ0v) is 12.9. The second kappa shape index (κ2) is 8.20. The molecule has 0 saturated carbocycles. The maximum atomic E-state index is 11.9. The van der Waals surface area contributed by atoms with Gasteiger partial charge in [-0.1, -0.05) is 24.3 Å². The molecule has 116 valence electrons. The van der Waals surface area contributed by atoms with Crippen molar-refractivity contribution in [1.29, 1.82) is 0 Å². The zero-order chi connectivity index (χ0) is 15.8. The summed E-state index contributed by atoms with van der Waals surface area (Å²) in [7, 11) is 1.62. The highest BCUT2D eigenvalue weighted by atomic mass is 16.6. The van der Waals surface area contributed by atoms with Gasteiger partial charge in [0.05, 0.1) is 12.2 Å². The van der Waals surface area contributed by atoms with Crippen LogP contribution in [0.2, 0.25) is 0 Å². The molecule has 0 saturated heterocycles. The van der Waals surface area contributed by atoms with E-state index >= 15 is 0 Å². The molecule has 0 aromatic heterocycles. The summed E-state index contributed by atoms with van der Waals surface area (Å²) in [6.45, 7) is 3.01. The molecule has 2 aromatic carbocycles. The minimum atomic E-state index is -0.356. The van der Waals surface area contributed by atoms with Crippen molar-refractivity contribution >= 4 is 5.97 Å². The second-order valence-corrected chi connectivity index (χ2v) is 4.93. The first-order chi connectivity index (χ1) is 10.7. The van der Waals surface area contributed by atoms with E-state index in [1.165, 1.54) is 0 Å². The molecular weight excluding hydrogens is 280 g/mol. The van der Waals surface area contributed by atoms with Gasteiger partial charge in [-0.3, -0.25) is 0 Å². The van der Waals surface area contributed by atoms with Gasteiger partial charge in [0.25, 0.3) is 0 Å². The molecular formula is C18H20O4. The van der Waals surface area contributed by atoms with Crippen LogP contribution < -0.4 is 4.74 Å². The summed E-state index contributed by atoms with van der Waals surface area (Å²) in [5.41, 5.74) is 2.59. The number of carbonyl (C=O) groups is 1. The first kappa shape index (κ1) is 16.0. The number of hydrogen-bond donors (Lipinski definition) is 0. The third-order valence-corrected chi connectivity index (χ3v) is 3.05. The van der Waals surface area contributed by atoms with Crippen molar-refractivity contribution in [1.82, 2.24) is 0 Å². The Labute approximate surface area is 130 Å². The van der Waals surface area contributed by atoms with Crippen LogP contribution in [0.3, 0.4) is 0 Å². The quantitative estimate of drug-likeness (QED) is 0.581. The molecule has 0 unspecified atom stereocenters. The van der Waals surface area contributed by atoms with Gasteiger partial charge < -0.3 is 14.2 Å². The largest absolute Gasteiger partial charge is 0.490 e. The smallest absolute Gasteiger partial charge is 0.338 e. The molecule has 0 amide bonds. The number of methoxy groups -OCH3 is 1. The van der Waals surface area contributed by atoms with Crippen LogP contribution in [0.5, 0.6) is 5.75 Å². The van der Waals surface area contributed by atoms with Crippen LogP contribution in [0.25, 0.3) is 0 Å². The van der Waals surface area contributed by atoms with E-state index in [-0.39, 0.29) is 12.6 Å². The summed E-state index contributed by atoms with van der Waals surface area (Å²) in [6, 6.07) is 15.0. The predicted molar refractivity (Wildman–Crippen MR) is 84.1 cm³/mol. The molecule has 0 aliphatic carbocycles. The Bertz CT molecular complexity index is 622. The van der Waals surface area contributed by atoms with Crippen LogP contribution in [0.4, 0.5) is 0 Å². The van der Waals surface area contributed by atoms with E-state index in [4.69, 9.17) is 14.2 Å². The number of aryl methyl sites for hydroxylation is 1. The number of carbonyl (C=O) groups excluding carboxylic acids is 1. The molecule has 0 aliphatic rings. The first-order valence-corrected chi connectivity index (χ1v) is 7.13. The third-order valence-electron chi connectivity index (χ3n) is 3.05. The maximum absolute atomic E-state index is 11.9. The number of hydrogen-bond acceptors (Lipinski definition) is 4. The van der Waals surface area contributed by atoms with Gasteiger partial charge in [-0.15, -0.1) is 0 Å². The average molecular weight is 300 g/mol. The number of esters is 1. The molecule has 0 heterocycles. The molecule has 4 heteroatoms. The van der Waals surface area contributed by atoms with E-state index in [9.17, 15) is 4.79 Å². The van der Waals surface area contributed by atoms with Gasteiger partial charge >= 0.3 is 5.97 Å². The summed E-state index contributed by atoms with van der Waals surface area (Å²) in [6.07, 6.45) is 0. The Balaban J connectivity index is 1.79. The fraction of sp³-hybridized carbons (Fsp3) is 0.278. The molecule has 0 atom stereocenters. The summed E-state index contributed by atoms with van der Waals surface area (Å²) in [4.78, 5) is 11.9. The molecule has 0 radical (unpaired) electrons. The van der Waals surface area contributed by atoms with E-state index in [0.29, 0.717) is 18.8 Å². The minimum absolute atomic E-state index is 0.210. The van der Waals surface area contributed by atoms with E-state index in [1.807, 2.05) is 43.3 Å². The van der Waals surface area contributed by atoms with Crippen molar-refractivity contribution in [2.75, 3.05) is 20.3 Å². The standard InChI is InChI=1S/C18H20O4/c1-14-5-3-8-17(11-14)21-9-10-22-18(19)16-7-4-6-15(12-16)13-20-2/h3-8,11-12H,9-10,13H2,1-2H3. The van der Waals surface area contributed by atoms with Crippen molar-refractivity contribution in [3.63, 3.8) is 0 Å². The van der Waals surface area contributed by atoms with Gasteiger partial charge in [0.2, 0.25) is 0 Å². The predicted octanol–water partition coefficient (Wildman–Crippen LogP) is 3.38. The number of benzene rings is 2. The highest BCUT2D eigenvalue weighted by molar-refractivity contribution is 5.89. The summed E-state index contributed by atoms with van der Waals surface area (Å²) in [5, 5.41) is 0. The lowest BCUT2D eigenvalue weighted by Crippen LogP contribution is -2.12. The monoisotopic (exact) mass is 300 g/mol. The van der Waals surface area contributed by atoms with Crippen molar-refractivity contribution < 1.29 is 19.0 Å². The van der Waals surface area contributed by atoms with E-state index < -0.39 is 0 Å². The van der Waals surface area contributed by atoms with Gasteiger partial charge in [-0.25, -0.2) is 4.79 Å². The lowest BCUT2D eigenvalue weighted by molar-refractivity contribution is 0.0450. The topological polar surface area (TPSA) is 44.8 Å². The fourth-order valence-corrected chi connectivity index (χ4v) is 2.04. The number of ether oxygens (including phenoxy) is 3. The minimum Gasteiger partial charge on any atom is -0.490 e. The third kappa shape index (κ3) is 4.90. The Kier molecular flexibility index (Phi) is 5.98. The fourth-order valence-electron chi connectivity index (χ4n) is 2.04. The second-order valence-electron chi connectivity index (χ2n) is 4.93. The van der Waals surface area contributed by atoms with Crippen molar-refractivity contribution in [3.05, 3.63) is 65.2 Å². The van der Waals surface area contributed by atoms with E-state index in [0.717, 1.165) is 16.9 Å². The maximum Gasteiger partial charge on any atom is 0.338 e. The molecule has 0 fully saturated rings. The Morgan fingerprint density at radius 2 is 1.86 bits per heavy atom. The van der Waals surface area contributed by atoms with Crippen LogP contribution in [0.15, 0.2) is 48.5 Å². The molecule has 4 nitrogen and oxygen atoms in total. The van der Waals surface area contributed by atoms with E-state index in [1.54, 1.807) is 19.2 Å². The molecule has 2 rings (SSSR count). The van der Waals surface area contributed by atoms with Gasteiger partial charge in [0.15, 0.2) is 0 Å². The van der Waals surface area contributed by atoms with Crippen LogP contribution in [-0.4, -0.2) is 26.3 Å². The SMILES string of the molecule is COCc1cccc(C(=O)OCCOc2cccc(C)c2)c1. The van der Waals surface area contributed by atoms with Gasteiger partial charge in [-0.05, 0) is 42.3 Å². The number of rotatable bonds is 7. The highest BCUT2D eigenvalue weighted by Gasteiger charge is 2.07. The van der Waals surface area contributed by atoms with Gasteiger partial charge in [0.1, 0.15) is 19.0 Å². The highest BCUT2D eigenvalue weighted by Crippen LogP contribution is 2.12. The average Bonchev–Trinajstić information content (AvgIpc) is 2.52. The molecule has 0 spiro atoms. The van der Waals surface area contributed by atoms with Crippen molar-refractivity contribution in [2.24, 2.45) is 0 Å². The molecule has 0 aliphatic heterocycles. The summed E-state index contributed by atoms with van der Waals surface area (Å²) in [5.74, 6) is 0.420. The molecule has 22 heavy (non-hydrogen) atoms. The van der Waals surface area contributed by atoms with E-state index in [2.05, 4.69) is 0 Å². The van der Waals surface area contributed by atoms with Crippen LogP contribution in [-0.2, 0) is 16.1 Å². The Hall–Kier alpha value is -2.33. The van der Waals surface area contributed by atoms with Gasteiger partial charge in [0, 0.05) is 7.11 Å². The zero-order valence-electron chi connectivity index (χ0n) is 12.9. The summed E-state index contributed by atoms with van der Waals surface area (Å²) < 4.78 is 15.8. The molecule has 0 N–H and O–H groups in total. The van der Waals surface area contributed by atoms with Crippen molar-refractivity contribution in [2.45, 2.75) is 13.5 Å². The lowest BCUT2D eigenvalue weighted by Gasteiger charge is -2.08. The Morgan fingerprint density at radius 3 is 2.64 bits per heavy atom. The first-order valence-electron chi connectivity index (χ1n) is 7.13. The summed E-state index contributed by atoms with van der Waals surface area (Å²) >= 11 is 0. The molecule has 0 bridgehead atoms. The van der Waals surface area contributed by atoms with Crippen LogP contribution in [0, 0.1) is 6.92 Å².